The normalized spacial score (nSPS) is 11.0. The van der Waals surface area contributed by atoms with Gasteiger partial charge in [-0.05, 0) is 60.7 Å². The van der Waals surface area contributed by atoms with Crippen molar-refractivity contribution in [3.05, 3.63) is 35.9 Å². The number of benzene rings is 2. The number of ether oxygens (including phenoxy) is 2. The Labute approximate surface area is 154 Å². The molecule has 0 aromatic heterocycles. The fraction of sp³-hybridized carbons (Fsp3) is 0.524. The zero-order chi connectivity index (χ0) is 17.2. The van der Waals surface area contributed by atoms with E-state index in [1.807, 2.05) is 0 Å². The van der Waals surface area contributed by atoms with Crippen LogP contribution in [0.1, 0.15) is 51.0 Å². The van der Waals surface area contributed by atoms with Crippen molar-refractivity contribution in [1.29, 1.82) is 0 Å². The Balaban J connectivity index is 1.94. The summed E-state index contributed by atoms with van der Waals surface area (Å²) in [4.78, 5) is 0. The number of hydrogen-bond donors (Lipinski definition) is 0. The first kappa shape index (κ1) is 19.1. The molecule has 0 N–H and O–H groups in total. The number of aryl methyl sites for hydroxylation is 1. The van der Waals surface area contributed by atoms with Crippen LogP contribution in [-0.2, 0) is 0 Å². The van der Waals surface area contributed by atoms with Gasteiger partial charge in [-0.25, -0.2) is 0 Å². The molecule has 0 fully saturated rings. The third kappa shape index (κ3) is 5.70. The van der Waals surface area contributed by atoms with Crippen LogP contribution in [-0.4, -0.2) is 18.5 Å². The van der Waals surface area contributed by atoms with Crippen LogP contribution in [0.4, 0.5) is 0 Å². The van der Waals surface area contributed by atoms with Gasteiger partial charge in [-0.3, -0.25) is 0 Å². The molecule has 2 rings (SSSR count). The van der Waals surface area contributed by atoms with Crippen molar-refractivity contribution in [2.75, 3.05) is 18.5 Å². The molecule has 2 aromatic carbocycles. The summed E-state index contributed by atoms with van der Waals surface area (Å²) in [5, 5.41) is 3.56. The fourth-order valence-electron chi connectivity index (χ4n) is 2.76. The molecular weight excluding hydrogens is 364 g/mol. The lowest BCUT2D eigenvalue weighted by molar-refractivity contribution is 0.305. The summed E-state index contributed by atoms with van der Waals surface area (Å²) < 4.78 is 11.8. The van der Waals surface area contributed by atoms with Crippen LogP contribution in [0.15, 0.2) is 30.3 Å². The lowest BCUT2D eigenvalue weighted by Gasteiger charge is -2.12. The Hall–Kier alpha value is -1.22. The molecule has 0 aliphatic rings. The second-order valence-electron chi connectivity index (χ2n) is 6.23. The van der Waals surface area contributed by atoms with Gasteiger partial charge >= 0.3 is 0 Å². The quantitative estimate of drug-likeness (QED) is 0.314. The van der Waals surface area contributed by atoms with Gasteiger partial charge in [-0.15, -0.1) is 0 Å². The largest absolute Gasteiger partial charge is 0.494 e. The number of halogens is 1. The number of rotatable bonds is 11. The molecule has 0 saturated carbocycles. The molecule has 3 heteroatoms. The molecule has 0 unspecified atom stereocenters. The highest BCUT2D eigenvalue weighted by molar-refractivity contribution is 9.09. The summed E-state index contributed by atoms with van der Waals surface area (Å²) in [6.45, 7) is 5.90. The molecule has 2 aromatic rings. The zero-order valence-electron chi connectivity index (χ0n) is 14.9. The van der Waals surface area contributed by atoms with Crippen molar-refractivity contribution in [3.63, 3.8) is 0 Å². The van der Waals surface area contributed by atoms with Gasteiger partial charge < -0.3 is 9.47 Å². The first-order chi connectivity index (χ1) is 11.8. The second kappa shape index (κ2) is 10.6. The highest BCUT2D eigenvalue weighted by atomic mass is 79.9. The van der Waals surface area contributed by atoms with Crippen LogP contribution in [0.5, 0.6) is 11.5 Å². The Kier molecular flexibility index (Phi) is 8.44. The molecule has 0 spiro atoms. The SMILES string of the molecule is CCCCOc1ccc2cc(OCCCCCCBr)ccc2c1C. The first-order valence-corrected chi connectivity index (χ1v) is 10.2. The zero-order valence-corrected chi connectivity index (χ0v) is 16.5. The van der Waals surface area contributed by atoms with Crippen molar-refractivity contribution >= 4 is 26.7 Å². The average Bonchev–Trinajstić information content (AvgIpc) is 2.60. The Bertz CT molecular complexity index is 625. The van der Waals surface area contributed by atoms with Crippen molar-refractivity contribution in [2.45, 2.75) is 52.4 Å². The molecule has 0 radical (unpaired) electrons. The smallest absolute Gasteiger partial charge is 0.122 e. The monoisotopic (exact) mass is 392 g/mol. The molecule has 2 nitrogen and oxygen atoms in total. The van der Waals surface area contributed by atoms with E-state index in [1.54, 1.807) is 0 Å². The molecule has 132 valence electrons. The number of fused-ring (bicyclic) bond motifs is 1. The van der Waals surface area contributed by atoms with E-state index in [4.69, 9.17) is 9.47 Å². The lowest BCUT2D eigenvalue weighted by Crippen LogP contribution is -1.99. The molecule has 0 heterocycles. The minimum Gasteiger partial charge on any atom is -0.494 e. The maximum atomic E-state index is 5.90. The average molecular weight is 393 g/mol. The van der Waals surface area contributed by atoms with Gasteiger partial charge in [0.25, 0.3) is 0 Å². The molecule has 24 heavy (non-hydrogen) atoms. The summed E-state index contributed by atoms with van der Waals surface area (Å²) in [5.41, 5.74) is 1.21. The maximum absolute atomic E-state index is 5.90. The Morgan fingerprint density at radius 3 is 2.46 bits per heavy atom. The van der Waals surface area contributed by atoms with E-state index in [9.17, 15) is 0 Å². The highest BCUT2D eigenvalue weighted by Crippen LogP contribution is 2.30. The summed E-state index contributed by atoms with van der Waals surface area (Å²) in [6, 6.07) is 10.6. The van der Waals surface area contributed by atoms with E-state index >= 15 is 0 Å². The molecule has 0 atom stereocenters. The third-order valence-corrected chi connectivity index (χ3v) is 4.82. The van der Waals surface area contributed by atoms with Crippen molar-refractivity contribution in [2.24, 2.45) is 0 Å². The van der Waals surface area contributed by atoms with E-state index in [0.29, 0.717) is 0 Å². The number of hydrogen-bond acceptors (Lipinski definition) is 2. The summed E-state index contributed by atoms with van der Waals surface area (Å²) >= 11 is 3.47. The van der Waals surface area contributed by atoms with Gasteiger partial charge in [0.15, 0.2) is 0 Å². The van der Waals surface area contributed by atoms with E-state index < -0.39 is 0 Å². The second-order valence-corrected chi connectivity index (χ2v) is 7.02. The summed E-state index contributed by atoms with van der Waals surface area (Å²) in [7, 11) is 0. The van der Waals surface area contributed by atoms with E-state index in [2.05, 4.69) is 60.1 Å². The minimum absolute atomic E-state index is 0.791. The first-order valence-electron chi connectivity index (χ1n) is 9.11. The molecule has 0 amide bonds. The van der Waals surface area contributed by atoms with Crippen LogP contribution >= 0.6 is 15.9 Å². The molecule has 0 bridgehead atoms. The lowest BCUT2D eigenvalue weighted by atomic mass is 10.0. The summed E-state index contributed by atoms with van der Waals surface area (Å²) in [6.07, 6.45) is 7.12. The molecule has 0 aliphatic heterocycles. The van der Waals surface area contributed by atoms with Crippen LogP contribution in [0, 0.1) is 6.92 Å². The minimum atomic E-state index is 0.791. The van der Waals surface area contributed by atoms with Gasteiger partial charge in [0.2, 0.25) is 0 Å². The van der Waals surface area contributed by atoms with Gasteiger partial charge in [0, 0.05) is 5.33 Å². The molecular formula is C21H29BrO2. The van der Waals surface area contributed by atoms with Crippen molar-refractivity contribution in [1.82, 2.24) is 0 Å². The van der Waals surface area contributed by atoms with Gasteiger partial charge in [-0.2, -0.15) is 0 Å². The van der Waals surface area contributed by atoms with Gasteiger partial charge in [-0.1, -0.05) is 54.2 Å². The molecule has 0 saturated heterocycles. The van der Waals surface area contributed by atoms with Crippen molar-refractivity contribution in [3.8, 4) is 11.5 Å². The Morgan fingerprint density at radius 1 is 0.875 bits per heavy atom. The standard InChI is InChI=1S/C21H29BrO2/c1-3-4-14-24-21-12-9-18-16-19(10-11-20(18)17(21)2)23-15-8-6-5-7-13-22/h9-12,16H,3-8,13-15H2,1-2H3. The van der Waals surface area contributed by atoms with Crippen LogP contribution < -0.4 is 9.47 Å². The van der Waals surface area contributed by atoms with E-state index in [1.165, 1.54) is 35.6 Å². The summed E-state index contributed by atoms with van der Waals surface area (Å²) in [5.74, 6) is 1.96. The maximum Gasteiger partial charge on any atom is 0.122 e. The predicted octanol–water partition coefficient (Wildman–Crippen LogP) is 6.66. The number of unbranched alkanes of at least 4 members (excludes halogenated alkanes) is 4. The Morgan fingerprint density at radius 2 is 1.67 bits per heavy atom. The molecule has 0 aliphatic carbocycles. The third-order valence-electron chi connectivity index (χ3n) is 4.26. The van der Waals surface area contributed by atoms with Gasteiger partial charge in [0.1, 0.15) is 11.5 Å². The fourth-order valence-corrected chi connectivity index (χ4v) is 3.15. The van der Waals surface area contributed by atoms with E-state index in [-0.39, 0.29) is 0 Å². The van der Waals surface area contributed by atoms with Crippen molar-refractivity contribution < 1.29 is 9.47 Å². The van der Waals surface area contributed by atoms with Crippen LogP contribution in [0.2, 0.25) is 0 Å². The van der Waals surface area contributed by atoms with Crippen LogP contribution in [0.25, 0.3) is 10.8 Å². The predicted molar refractivity (Wildman–Crippen MR) is 107 cm³/mol. The highest BCUT2D eigenvalue weighted by Gasteiger charge is 2.06. The van der Waals surface area contributed by atoms with Gasteiger partial charge in [0.05, 0.1) is 13.2 Å². The topological polar surface area (TPSA) is 18.5 Å². The number of alkyl halides is 1. The van der Waals surface area contributed by atoms with E-state index in [0.717, 1.165) is 49.3 Å². The van der Waals surface area contributed by atoms with Crippen LogP contribution in [0.3, 0.4) is 0 Å².